The average Bonchev–Trinajstić information content (AvgIpc) is 2.29. The number of ether oxygens (including phenoxy) is 1. The molecule has 0 aromatic carbocycles. The number of hydrogen-bond acceptors (Lipinski definition) is 3. The maximum Gasteiger partial charge on any atom is 0.242 e. The summed E-state index contributed by atoms with van der Waals surface area (Å²) in [5.41, 5.74) is 5.27. The number of carbonyl (C=O) groups excluding carboxylic acids is 1. The van der Waals surface area contributed by atoms with Crippen molar-refractivity contribution in [2.75, 3.05) is 26.8 Å². The van der Waals surface area contributed by atoms with E-state index >= 15 is 0 Å². The van der Waals surface area contributed by atoms with Gasteiger partial charge >= 0.3 is 0 Å². The minimum Gasteiger partial charge on any atom is -0.384 e. The second-order valence-electron chi connectivity index (χ2n) is 4.96. The normalized spacial score (nSPS) is 21.9. The standard InChI is InChI=1S/C12H24N2O2/c1-4-12(2,13)11(15)14-7-5-10(6-8-14)9-16-3/h10H,4-9,13H2,1-3H3. The van der Waals surface area contributed by atoms with Crippen molar-refractivity contribution in [3.63, 3.8) is 0 Å². The van der Waals surface area contributed by atoms with Gasteiger partial charge in [0.2, 0.25) is 5.91 Å². The third-order valence-electron chi connectivity index (χ3n) is 3.53. The van der Waals surface area contributed by atoms with Crippen LogP contribution in [0.2, 0.25) is 0 Å². The van der Waals surface area contributed by atoms with Gasteiger partial charge in [0.05, 0.1) is 5.54 Å². The van der Waals surface area contributed by atoms with E-state index in [1.807, 2.05) is 18.7 Å². The smallest absolute Gasteiger partial charge is 0.242 e. The SMILES string of the molecule is CCC(C)(N)C(=O)N1CCC(COC)CC1. The number of hydrogen-bond donors (Lipinski definition) is 1. The second-order valence-corrected chi connectivity index (χ2v) is 4.96. The lowest BCUT2D eigenvalue weighted by Crippen LogP contribution is -2.54. The molecule has 0 saturated carbocycles. The molecule has 0 aromatic rings. The van der Waals surface area contributed by atoms with E-state index in [2.05, 4.69) is 0 Å². The Balaban J connectivity index is 2.45. The Morgan fingerprint density at radius 1 is 1.50 bits per heavy atom. The molecule has 1 aliphatic heterocycles. The first-order chi connectivity index (χ1) is 7.51. The number of amides is 1. The molecular formula is C12H24N2O2. The zero-order valence-corrected chi connectivity index (χ0v) is 10.7. The summed E-state index contributed by atoms with van der Waals surface area (Å²) in [4.78, 5) is 14.0. The highest BCUT2D eigenvalue weighted by atomic mass is 16.5. The minimum atomic E-state index is -0.700. The molecule has 1 heterocycles. The Bertz CT molecular complexity index is 233. The van der Waals surface area contributed by atoms with E-state index in [1.54, 1.807) is 7.11 Å². The molecule has 0 radical (unpaired) electrons. The summed E-state index contributed by atoms with van der Waals surface area (Å²) in [5.74, 6) is 0.686. The van der Waals surface area contributed by atoms with Crippen molar-refractivity contribution in [2.24, 2.45) is 11.7 Å². The zero-order valence-electron chi connectivity index (χ0n) is 10.7. The average molecular weight is 228 g/mol. The Kier molecular flexibility index (Phi) is 4.74. The maximum atomic E-state index is 12.1. The molecule has 0 spiro atoms. The van der Waals surface area contributed by atoms with Crippen LogP contribution in [-0.2, 0) is 9.53 Å². The first-order valence-corrected chi connectivity index (χ1v) is 6.08. The summed E-state index contributed by atoms with van der Waals surface area (Å²) in [6.07, 6.45) is 2.74. The molecule has 94 valence electrons. The largest absolute Gasteiger partial charge is 0.384 e. The van der Waals surface area contributed by atoms with Gasteiger partial charge in [0.15, 0.2) is 0 Å². The van der Waals surface area contributed by atoms with Gasteiger partial charge in [0.1, 0.15) is 0 Å². The molecule has 0 bridgehead atoms. The fourth-order valence-electron chi connectivity index (χ4n) is 2.05. The van der Waals surface area contributed by atoms with Crippen LogP contribution in [0.25, 0.3) is 0 Å². The molecule has 16 heavy (non-hydrogen) atoms. The van der Waals surface area contributed by atoms with E-state index in [4.69, 9.17) is 10.5 Å². The summed E-state index contributed by atoms with van der Waals surface area (Å²) < 4.78 is 5.14. The third-order valence-corrected chi connectivity index (χ3v) is 3.53. The lowest BCUT2D eigenvalue weighted by molar-refractivity contribution is -0.138. The van der Waals surface area contributed by atoms with Gasteiger partial charge in [-0.15, -0.1) is 0 Å². The maximum absolute atomic E-state index is 12.1. The highest BCUT2D eigenvalue weighted by molar-refractivity contribution is 5.85. The fourth-order valence-corrected chi connectivity index (χ4v) is 2.05. The molecule has 0 aromatic heterocycles. The Labute approximate surface area is 98.1 Å². The van der Waals surface area contributed by atoms with Crippen LogP contribution in [0.4, 0.5) is 0 Å². The second kappa shape index (κ2) is 5.64. The first-order valence-electron chi connectivity index (χ1n) is 6.08. The molecule has 1 atom stereocenters. The van der Waals surface area contributed by atoms with Gasteiger partial charge in [0.25, 0.3) is 0 Å². The van der Waals surface area contributed by atoms with Crippen molar-refractivity contribution < 1.29 is 9.53 Å². The number of likely N-dealkylation sites (tertiary alicyclic amines) is 1. The molecule has 0 aliphatic carbocycles. The number of piperidine rings is 1. The van der Waals surface area contributed by atoms with E-state index in [9.17, 15) is 4.79 Å². The van der Waals surface area contributed by atoms with Crippen molar-refractivity contribution in [1.29, 1.82) is 0 Å². The van der Waals surface area contributed by atoms with E-state index in [-0.39, 0.29) is 5.91 Å². The van der Waals surface area contributed by atoms with Crippen LogP contribution >= 0.6 is 0 Å². The molecule has 1 saturated heterocycles. The molecule has 1 fully saturated rings. The van der Waals surface area contributed by atoms with Gasteiger partial charge in [-0.25, -0.2) is 0 Å². The Morgan fingerprint density at radius 2 is 2.06 bits per heavy atom. The first kappa shape index (κ1) is 13.5. The summed E-state index contributed by atoms with van der Waals surface area (Å²) in [5, 5.41) is 0. The molecule has 2 N–H and O–H groups in total. The minimum absolute atomic E-state index is 0.0888. The summed E-state index contributed by atoms with van der Waals surface area (Å²) in [6, 6.07) is 0. The number of methoxy groups -OCH3 is 1. The highest BCUT2D eigenvalue weighted by Crippen LogP contribution is 2.20. The summed E-state index contributed by atoms with van der Waals surface area (Å²) in [7, 11) is 1.73. The third kappa shape index (κ3) is 3.19. The van der Waals surface area contributed by atoms with Crippen molar-refractivity contribution in [1.82, 2.24) is 4.90 Å². The van der Waals surface area contributed by atoms with Crippen molar-refractivity contribution >= 4 is 5.91 Å². The van der Waals surface area contributed by atoms with E-state index in [0.717, 1.165) is 32.5 Å². The molecule has 1 aliphatic rings. The number of carbonyl (C=O) groups is 1. The van der Waals surface area contributed by atoms with Gasteiger partial charge in [0, 0.05) is 26.8 Å². The Hall–Kier alpha value is -0.610. The topological polar surface area (TPSA) is 55.6 Å². The van der Waals surface area contributed by atoms with Crippen molar-refractivity contribution in [3.8, 4) is 0 Å². The monoisotopic (exact) mass is 228 g/mol. The zero-order chi connectivity index (χ0) is 12.2. The predicted molar refractivity (Wildman–Crippen MR) is 64.1 cm³/mol. The number of nitrogens with two attached hydrogens (primary N) is 1. The van der Waals surface area contributed by atoms with Gasteiger partial charge in [-0.3, -0.25) is 4.79 Å². The van der Waals surface area contributed by atoms with Crippen LogP contribution < -0.4 is 5.73 Å². The van der Waals surface area contributed by atoms with E-state index < -0.39 is 5.54 Å². The molecule has 1 amide bonds. The molecule has 1 rings (SSSR count). The van der Waals surface area contributed by atoms with Gasteiger partial charge < -0.3 is 15.4 Å². The van der Waals surface area contributed by atoms with Crippen LogP contribution in [0.1, 0.15) is 33.1 Å². The van der Waals surface area contributed by atoms with E-state index in [0.29, 0.717) is 12.3 Å². The highest BCUT2D eigenvalue weighted by Gasteiger charge is 2.32. The van der Waals surface area contributed by atoms with Crippen molar-refractivity contribution in [3.05, 3.63) is 0 Å². The van der Waals surface area contributed by atoms with Crippen LogP contribution in [-0.4, -0.2) is 43.2 Å². The van der Waals surface area contributed by atoms with Crippen LogP contribution in [0.5, 0.6) is 0 Å². The van der Waals surface area contributed by atoms with Gasteiger partial charge in [-0.2, -0.15) is 0 Å². The molecular weight excluding hydrogens is 204 g/mol. The van der Waals surface area contributed by atoms with Crippen molar-refractivity contribution in [2.45, 2.75) is 38.6 Å². The van der Waals surface area contributed by atoms with E-state index in [1.165, 1.54) is 0 Å². The fraction of sp³-hybridized carbons (Fsp3) is 0.917. The molecule has 4 nitrogen and oxygen atoms in total. The lowest BCUT2D eigenvalue weighted by atomic mass is 9.93. The predicted octanol–water partition coefficient (Wildman–Crippen LogP) is 0.999. The summed E-state index contributed by atoms with van der Waals surface area (Å²) in [6.45, 7) is 6.21. The van der Waals surface area contributed by atoms with Crippen LogP contribution in [0.3, 0.4) is 0 Å². The number of rotatable bonds is 4. The molecule has 1 unspecified atom stereocenters. The summed E-state index contributed by atoms with van der Waals surface area (Å²) >= 11 is 0. The quantitative estimate of drug-likeness (QED) is 0.781. The van der Waals surface area contributed by atoms with Crippen LogP contribution in [0.15, 0.2) is 0 Å². The van der Waals surface area contributed by atoms with Crippen LogP contribution in [0, 0.1) is 5.92 Å². The lowest BCUT2D eigenvalue weighted by Gasteiger charge is -2.36. The number of nitrogens with zero attached hydrogens (tertiary/aromatic N) is 1. The molecule has 4 heteroatoms. The van der Waals surface area contributed by atoms with Gasteiger partial charge in [-0.1, -0.05) is 6.92 Å². The Morgan fingerprint density at radius 3 is 2.50 bits per heavy atom. The van der Waals surface area contributed by atoms with Gasteiger partial charge in [-0.05, 0) is 32.1 Å².